The Kier molecular flexibility index (Phi) is 7.37. The van der Waals surface area contributed by atoms with Crippen molar-refractivity contribution in [2.24, 2.45) is 11.1 Å². The first-order valence-electron chi connectivity index (χ1n) is 8.91. The van der Waals surface area contributed by atoms with Crippen molar-refractivity contribution >= 4 is 5.91 Å². The Labute approximate surface area is 144 Å². The van der Waals surface area contributed by atoms with Crippen molar-refractivity contribution in [1.82, 2.24) is 5.32 Å². The Hall–Kier alpha value is -1.75. The molecule has 0 saturated heterocycles. The number of methoxy groups -OCH3 is 1. The normalized spacial score (nSPS) is 16.4. The van der Waals surface area contributed by atoms with Gasteiger partial charge < -0.3 is 20.5 Å². The zero-order valence-corrected chi connectivity index (χ0v) is 14.7. The maximum atomic E-state index is 12.2. The fourth-order valence-electron chi connectivity index (χ4n) is 3.32. The van der Waals surface area contributed by atoms with E-state index in [0.717, 1.165) is 30.8 Å². The van der Waals surface area contributed by atoms with Crippen LogP contribution in [0.3, 0.4) is 0 Å². The third kappa shape index (κ3) is 5.71. The maximum Gasteiger partial charge on any atom is 0.220 e. The van der Waals surface area contributed by atoms with Crippen LogP contribution in [-0.2, 0) is 4.79 Å². The van der Waals surface area contributed by atoms with Gasteiger partial charge in [-0.15, -0.1) is 0 Å². The third-order valence-electron chi connectivity index (χ3n) is 4.85. The Bertz CT molecular complexity index is 496. The average molecular weight is 334 g/mol. The standard InChI is InChI=1S/C19H30N2O3/c1-23-16-6-8-17(9-7-16)24-13-5-12-21-18(22)14-19(15-20)10-3-2-4-11-19/h6-9H,2-5,10-15,20H2,1H3,(H,21,22). The smallest absolute Gasteiger partial charge is 0.220 e. The lowest BCUT2D eigenvalue weighted by atomic mass is 9.71. The van der Waals surface area contributed by atoms with Crippen LogP contribution in [0.15, 0.2) is 24.3 Å². The number of nitrogens with one attached hydrogen (secondary N) is 1. The highest BCUT2D eigenvalue weighted by Gasteiger charge is 2.32. The van der Waals surface area contributed by atoms with Crippen LogP contribution in [0.1, 0.15) is 44.9 Å². The number of hydrogen-bond acceptors (Lipinski definition) is 4. The number of benzene rings is 1. The van der Waals surface area contributed by atoms with E-state index in [1.807, 2.05) is 24.3 Å². The van der Waals surface area contributed by atoms with Gasteiger partial charge in [0.15, 0.2) is 0 Å². The fraction of sp³-hybridized carbons (Fsp3) is 0.632. The summed E-state index contributed by atoms with van der Waals surface area (Å²) in [5.74, 6) is 1.74. The average Bonchev–Trinajstić information content (AvgIpc) is 2.62. The van der Waals surface area contributed by atoms with Gasteiger partial charge in [-0.1, -0.05) is 19.3 Å². The molecule has 0 heterocycles. The highest BCUT2D eigenvalue weighted by molar-refractivity contribution is 5.76. The lowest BCUT2D eigenvalue weighted by Gasteiger charge is -2.35. The maximum absolute atomic E-state index is 12.2. The van der Waals surface area contributed by atoms with Crippen molar-refractivity contribution in [3.8, 4) is 11.5 Å². The Morgan fingerprint density at radius 1 is 1.17 bits per heavy atom. The molecule has 1 aliphatic rings. The molecule has 2 rings (SSSR count). The summed E-state index contributed by atoms with van der Waals surface area (Å²) in [6.45, 7) is 1.82. The molecule has 1 amide bonds. The molecule has 1 fully saturated rings. The van der Waals surface area contributed by atoms with Gasteiger partial charge in [-0.3, -0.25) is 4.79 Å². The molecule has 0 bridgehead atoms. The summed E-state index contributed by atoms with van der Waals surface area (Å²) in [6.07, 6.45) is 7.16. The predicted octanol–water partition coefficient (Wildman–Crippen LogP) is 2.88. The monoisotopic (exact) mass is 334 g/mol. The van der Waals surface area contributed by atoms with Crippen LogP contribution >= 0.6 is 0 Å². The second-order valence-corrected chi connectivity index (χ2v) is 6.67. The minimum absolute atomic E-state index is 0.0297. The van der Waals surface area contributed by atoms with E-state index in [1.165, 1.54) is 19.3 Å². The van der Waals surface area contributed by atoms with Gasteiger partial charge in [-0.2, -0.15) is 0 Å². The number of hydrogen-bond donors (Lipinski definition) is 2. The molecular weight excluding hydrogens is 304 g/mol. The number of carbonyl (C=O) groups excluding carboxylic acids is 1. The molecule has 0 spiro atoms. The van der Waals surface area contributed by atoms with Crippen LogP contribution in [0.5, 0.6) is 11.5 Å². The van der Waals surface area contributed by atoms with Gasteiger partial charge in [0, 0.05) is 13.0 Å². The van der Waals surface area contributed by atoms with Crippen molar-refractivity contribution in [2.75, 3.05) is 26.8 Å². The van der Waals surface area contributed by atoms with Gasteiger partial charge in [-0.25, -0.2) is 0 Å². The van der Waals surface area contributed by atoms with Crippen LogP contribution in [0.25, 0.3) is 0 Å². The molecule has 1 aromatic carbocycles. The van der Waals surface area contributed by atoms with Crippen LogP contribution in [0.4, 0.5) is 0 Å². The lowest BCUT2D eigenvalue weighted by molar-refractivity contribution is -0.123. The molecule has 5 nitrogen and oxygen atoms in total. The van der Waals surface area contributed by atoms with Crippen LogP contribution in [0, 0.1) is 5.41 Å². The summed E-state index contributed by atoms with van der Waals surface area (Å²) >= 11 is 0. The zero-order chi connectivity index (χ0) is 17.3. The molecule has 134 valence electrons. The second-order valence-electron chi connectivity index (χ2n) is 6.67. The molecule has 0 aliphatic heterocycles. The first-order valence-corrected chi connectivity index (χ1v) is 8.91. The lowest BCUT2D eigenvalue weighted by Crippen LogP contribution is -2.39. The second kappa shape index (κ2) is 9.52. The molecule has 0 atom stereocenters. The molecule has 1 aromatic rings. The van der Waals surface area contributed by atoms with Gasteiger partial charge in [0.1, 0.15) is 11.5 Å². The summed E-state index contributed by atoms with van der Waals surface area (Å²) in [4.78, 5) is 12.2. The zero-order valence-electron chi connectivity index (χ0n) is 14.7. The first-order chi connectivity index (χ1) is 11.7. The van der Waals surface area contributed by atoms with E-state index < -0.39 is 0 Å². The van der Waals surface area contributed by atoms with E-state index >= 15 is 0 Å². The summed E-state index contributed by atoms with van der Waals surface area (Å²) in [6, 6.07) is 7.50. The van der Waals surface area contributed by atoms with Crippen LogP contribution in [-0.4, -0.2) is 32.7 Å². The Balaban J connectivity index is 1.61. The number of amides is 1. The van der Waals surface area contributed by atoms with E-state index in [2.05, 4.69) is 5.32 Å². The van der Waals surface area contributed by atoms with E-state index in [-0.39, 0.29) is 11.3 Å². The molecule has 0 unspecified atom stereocenters. The van der Waals surface area contributed by atoms with E-state index in [9.17, 15) is 4.79 Å². The van der Waals surface area contributed by atoms with Crippen LogP contribution in [0.2, 0.25) is 0 Å². The molecule has 1 saturated carbocycles. The summed E-state index contributed by atoms with van der Waals surface area (Å²) < 4.78 is 10.8. The molecule has 3 N–H and O–H groups in total. The molecular formula is C19H30N2O3. The highest BCUT2D eigenvalue weighted by Crippen LogP contribution is 2.38. The minimum Gasteiger partial charge on any atom is -0.497 e. The number of ether oxygens (including phenoxy) is 2. The molecule has 5 heteroatoms. The highest BCUT2D eigenvalue weighted by atomic mass is 16.5. The fourth-order valence-corrected chi connectivity index (χ4v) is 3.32. The summed E-state index contributed by atoms with van der Waals surface area (Å²) in [5, 5.41) is 3.00. The van der Waals surface area contributed by atoms with Gasteiger partial charge >= 0.3 is 0 Å². The van der Waals surface area contributed by atoms with Crippen LogP contribution < -0.4 is 20.5 Å². The number of nitrogens with two attached hydrogens (primary N) is 1. The number of rotatable bonds is 9. The minimum atomic E-state index is 0.0297. The number of carbonyl (C=O) groups is 1. The van der Waals surface area contributed by atoms with Crippen molar-refractivity contribution in [3.05, 3.63) is 24.3 Å². The van der Waals surface area contributed by atoms with Crippen molar-refractivity contribution in [1.29, 1.82) is 0 Å². The molecule has 0 radical (unpaired) electrons. The van der Waals surface area contributed by atoms with Crippen molar-refractivity contribution in [3.63, 3.8) is 0 Å². The third-order valence-corrected chi connectivity index (χ3v) is 4.85. The quantitative estimate of drug-likeness (QED) is 0.681. The molecule has 24 heavy (non-hydrogen) atoms. The topological polar surface area (TPSA) is 73.6 Å². The predicted molar refractivity (Wildman–Crippen MR) is 95.3 cm³/mol. The summed E-state index contributed by atoms with van der Waals surface area (Å²) in [7, 11) is 1.64. The molecule has 1 aliphatic carbocycles. The Morgan fingerprint density at radius 3 is 2.46 bits per heavy atom. The molecule has 0 aromatic heterocycles. The van der Waals surface area contributed by atoms with Gasteiger partial charge in [0.2, 0.25) is 5.91 Å². The van der Waals surface area contributed by atoms with Crippen molar-refractivity contribution in [2.45, 2.75) is 44.9 Å². The van der Waals surface area contributed by atoms with Gasteiger partial charge in [0.25, 0.3) is 0 Å². The first kappa shape index (κ1) is 18.6. The van der Waals surface area contributed by atoms with E-state index in [1.54, 1.807) is 7.11 Å². The van der Waals surface area contributed by atoms with Gasteiger partial charge in [0.05, 0.1) is 13.7 Å². The summed E-state index contributed by atoms with van der Waals surface area (Å²) in [5.41, 5.74) is 5.97. The van der Waals surface area contributed by atoms with E-state index in [0.29, 0.717) is 26.1 Å². The largest absolute Gasteiger partial charge is 0.497 e. The van der Waals surface area contributed by atoms with Crippen molar-refractivity contribution < 1.29 is 14.3 Å². The van der Waals surface area contributed by atoms with E-state index in [4.69, 9.17) is 15.2 Å². The van der Waals surface area contributed by atoms with Gasteiger partial charge in [-0.05, 0) is 55.5 Å². The SMILES string of the molecule is COc1ccc(OCCCNC(=O)CC2(CN)CCCCC2)cc1. The Morgan fingerprint density at radius 2 is 1.83 bits per heavy atom.